The molecule has 0 spiro atoms. The number of methoxy groups -OCH3 is 1. The number of benzene rings is 1. The topological polar surface area (TPSA) is 21.3 Å². The van der Waals surface area contributed by atoms with Crippen LogP contribution in [0.4, 0.5) is 0 Å². The molecule has 0 bridgehead atoms. The first-order chi connectivity index (χ1) is 8.58. The number of aryl methyl sites for hydroxylation is 2. The van der Waals surface area contributed by atoms with Crippen molar-refractivity contribution < 1.29 is 4.74 Å². The predicted molar refractivity (Wildman–Crippen MR) is 78.4 cm³/mol. The van der Waals surface area contributed by atoms with Gasteiger partial charge < -0.3 is 10.1 Å². The van der Waals surface area contributed by atoms with Gasteiger partial charge in [0.25, 0.3) is 0 Å². The highest BCUT2D eigenvalue weighted by Crippen LogP contribution is 2.22. The molecule has 1 aromatic carbocycles. The van der Waals surface area contributed by atoms with Gasteiger partial charge in [-0.1, -0.05) is 31.5 Å². The minimum Gasteiger partial charge on any atom is -0.496 e. The van der Waals surface area contributed by atoms with Crippen LogP contribution < -0.4 is 10.1 Å². The first-order valence-corrected chi connectivity index (χ1v) is 6.89. The maximum atomic E-state index is 5.42. The van der Waals surface area contributed by atoms with Gasteiger partial charge in [0.2, 0.25) is 0 Å². The first kappa shape index (κ1) is 15.0. The van der Waals surface area contributed by atoms with Crippen molar-refractivity contribution in [1.29, 1.82) is 0 Å². The van der Waals surface area contributed by atoms with E-state index >= 15 is 0 Å². The molecule has 0 aliphatic carbocycles. The third-order valence-electron chi connectivity index (χ3n) is 3.57. The lowest BCUT2D eigenvalue weighted by Crippen LogP contribution is -2.30. The van der Waals surface area contributed by atoms with Crippen LogP contribution in [0.2, 0.25) is 0 Å². The minimum absolute atomic E-state index is 0.612. The molecule has 1 aromatic rings. The zero-order valence-electron chi connectivity index (χ0n) is 12.4. The van der Waals surface area contributed by atoms with Gasteiger partial charge in [-0.2, -0.15) is 0 Å². The fraction of sp³-hybridized carbons (Fsp3) is 0.625. The summed E-state index contributed by atoms with van der Waals surface area (Å²) >= 11 is 0. The molecule has 2 nitrogen and oxygen atoms in total. The molecule has 0 amide bonds. The van der Waals surface area contributed by atoms with Gasteiger partial charge in [-0.25, -0.2) is 0 Å². The Labute approximate surface area is 112 Å². The fourth-order valence-electron chi connectivity index (χ4n) is 2.43. The number of ether oxygens (including phenoxy) is 1. The Hall–Kier alpha value is -1.02. The van der Waals surface area contributed by atoms with Crippen LogP contribution in [-0.4, -0.2) is 20.2 Å². The predicted octanol–water partition coefficient (Wildman–Crippen LogP) is 3.57. The summed E-state index contributed by atoms with van der Waals surface area (Å²) in [6.45, 7) is 6.68. The Kier molecular flexibility index (Phi) is 6.20. The molecule has 18 heavy (non-hydrogen) atoms. The molecule has 0 saturated heterocycles. The van der Waals surface area contributed by atoms with Crippen LogP contribution in [0.1, 0.15) is 37.8 Å². The van der Waals surface area contributed by atoms with E-state index in [1.165, 1.54) is 24.0 Å². The molecular formula is C16H27NO. The molecule has 2 heteroatoms. The summed E-state index contributed by atoms with van der Waals surface area (Å²) in [5.74, 6) is 1.71. The molecule has 0 radical (unpaired) electrons. The van der Waals surface area contributed by atoms with Crippen molar-refractivity contribution >= 4 is 0 Å². The Morgan fingerprint density at radius 3 is 2.56 bits per heavy atom. The molecule has 102 valence electrons. The molecule has 0 heterocycles. The van der Waals surface area contributed by atoms with E-state index in [9.17, 15) is 0 Å². The Morgan fingerprint density at radius 1 is 1.28 bits per heavy atom. The van der Waals surface area contributed by atoms with Crippen molar-refractivity contribution in [2.45, 2.75) is 46.1 Å². The van der Waals surface area contributed by atoms with Crippen molar-refractivity contribution in [1.82, 2.24) is 5.32 Å². The van der Waals surface area contributed by atoms with Crippen LogP contribution >= 0.6 is 0 Å². The lowest BCUT2D eigenvalue weighted by molar-refractivity contribution is 0.388. The lowest BCUT2D eigenvalue weighted by Gasteiger charge is -2.20. The van der Waals surface area contributed by atoms with E-state index in [2.05, 4.69) is 51.3 Å². The van der Waals surface area contributed by atoms with E-state index in [0.29, 0.717) is 12.0 Å². The van der Waals surface area contributed by atoms with Crippen LogP contribution in [-0.2, 0) is 6.42 Å². The normalized spacial score (nSPS) is 12.8. The fourth-order valence-corrected chi connectivity index (χ4v) is 2.43. The van der Waals surface area contributed by atoms with Gasteiger partial charge in [0.05, 0.1) is 7.11 Å². The van der Waals surface area contributed by atoms with Gasteiger partial charge in [0, 0.05) is 6.04 Å². The van der Waals surface area contributed by atoms with E-state index in [4.69, 9.17) is 4.74 Å². The summed E-state index contributed by atoms with van der Waals surface area (Å²) in [6.07, 6.45) is 3.50. The second-order valence-electron chi connectivity index (χ2n) is 5.35. The van der Waals surface area contributed by atoms with E-state index in [-0.39, 0.29) is 0 Å². The van der Waals surface area contributed by atoms with Crippen molar-refractivity contribution in [3.63, 3.8) is 0 Å². The Balaban J connectivity index is 2.55. The smallest absolute Gasteiger partial charge is 0.122 e. The van der Waals surface area contributed by atoms with Gasteiger partial charge in [0.1, 0.15) is 5.75 Å². The monoisotopic (exact) mass is 249 g/mol. The average molecular weight is 249 g/mol. The van der Waals surface area contributed by atoms with E-state index < -0.39 is 0 Å². The largest absolute Gasteiger partial charge is 0.496 e. The highest BCUT2D eigenvalue weighted by Gasteiger charge is 2.11. The number of hydrogen-bond donors (Lipinski definition) is 1. The van der Waals surface area contributed by atoms with E-state index in [0.717, 1.165) is 12.2 Å². The first-order valence-electron chi connectivity index (χ1n) is 6.89. The van der Waals surface area contributed by atoms with Gasteiger partial charge in [-0.15, -0.1) is 0 Å². The van der Waals surface area contributed by atoms with Crippen molar-refractivity contribution in [2.24, 2.45) is 5.92 Å². The van der Waals surface area contributed by atoms with Gasteiger partial charge >= 0.3 is 0 Å². The molecule has 0 aliphatic rings. The molecular weight excluding hydrogens is 222 g/mol. The second-order valence-corrected chi connectivity index (χ2v) is 5.35. The standard InChI is InChI=1S/C16H27NO/c1-12(2)15(17-4)8-6-7-14-11-13(3)9-10-16(14)18-5/h9-12,15,17H,6-8H2,1-5H3. The lowest BCUT2D eigenvalue weighted by atomic mass is 9.96. The molecule has 0 fully saturated rings. The summed E-state index contributed by atoms with van der Waals surface area (Å²) in [5, 5.41) is 3.40. The maximum Gasteiger partial charge on any atom is 0.122 e. The van der Waals surface area contributed by atoms with Gasteiger partial charge in [0.15, 0.2) is 0 Å². The van der Waals surface area contributed by atoms with Crippen molar-refractivity contribution in [3.05, 3.63) is 29.3 Å². The van der Waals surface area contributed by atoms with Crippen LogP contribution in [0.3, 0.4) is 0 Å². The van der Waals surface area contributed by atoms with E-state index in [1.54, 1.807) is 7.11 Å². The van der Waals surface area contributed by atoms with Gasteiger partial charge in [-0.05, 0) is 50.8 Å². The SMILES string of the molecule is CNC(CCCc1cc(C)ccc1OC)C(C)C. The Morgan fingerprint density at radius 2 is 2.00 bits per heavy atom. The molecule has 0 aliphatic heterocycles. The molecule has 1 N–H and O–H groups in total. The summed E-state index contributed by atoms with van der Waals surface area (Å²) in [4.78, 5) is 0. The molecule has 1 rings (SSSR count). The quantitative estimate of drug-likeness (QED) is 0.797. The van der Waals surface area contributed by atoms with Crippen molar-refractivity contribution in [3.8, 4) is 5.75 Å². The van der Waals surface area contributed by atoms with Crippen LogP contribution in [0.15, 0.2) is 18.2 Å². The number of hydrogen-bond acceptors (Lipinski definition) is 2. The molecule has 1 unspecified atom stereocenters. The van der Waals surface area contributed by atoms with Gasteiger partial charge in [-0.3, -0.25) is 0 Å². The third kappa shape index (κ3) is 4.34. The molecule has 0 aromatic heterocycles. The molecule has 0 saturated carbocycles. The summed E-state index contributed by atoms with van der Waals surface area (Å²) < 4.78 is 5.42. The highest BCUT2D eigenvalue weighted by molar-refractivity contribution is 5.36. The minimum atomic E-state index is 0.612. The van der Waals surface area contributed by atoms with Crippen LogP contribution in [0.5, 0.6) is 5.75 Å². The summed E-state index contributed by atoms with van der Waals surface area (Å²) in [5.41, 5.74) is 2.64. The second kappa shape index (κ2) is 7.42. The number of rotatable bonds is 7. The zero-order valence-corrected chi connectivity index (χ0v) is 12.4. The maximum absolute atomic E-state index is 5.42. The van der Waals surface area contributed by atoms with Crippen LogP contribution in [0.25, 0.3) is 0 Å². The van der Waals surface area contributed by atoms with E-state index in [1.807, 2.05) is 0 Å². The zero-order chi connectivity index (χ0) is 13.5. The highest BCUT2D eigenvalue weighted by atomic mass is 16.5. The van der Waals surface area contributed by atoms with Crippen molar-refractivity contribution in [2.75, 3.05) is 14.2 Å². The number of nitrogens with one attached hydrogen (secondary N) is 1. The third-order valence-corrected chi connectivity index (χ3v) is 3.57. The summed E-state index contributed by atoms with van der Waals surface area (Å²) in [7, 11) is 3.80. The molecule has 1 atom stereocenters. The Bertz CT molecular complexity index is 360. The average Bonchev–Trinajstić information content (AvgIpc) is 2.34. The summed E-state index contributed by atoms with van der Waals surface area (Å²) in [6, 6.07) is 7.03. The van der Waals surface area contributed by atoms with Crippen LogP contribution in [0, 0.1) is 12.8 Å².